The topological polar surface area (TPSA) is 29.1 Å². The van der Waals surface area contributed by atoms with Gasteiger partial charge in [-0.3, -0.25) is 4.79 Å². The zero-order valence-electron chi connectivity index (χ0n) is 8.86. The number of allylic oxidation sites excluding steroid dienone is 1. The molecule has 1 aromatic carbocycles. The van der Waals surface area contributed by atoms with Crippen LogP contribution in [0.5, 0.6) is 0 Å². The van der Waals surface area contributed by atoms with Crippen LogP contribution in [0.1, 0.15) is 31.4 Å². The molecule has 1 amide bonds. The van der Waals surface area contributed by atoms with Crippen molar-refractivity contribution < 1.29 is 4.79 Å². The van der Waals surface area contributed by atoms with E-state index in [4.69, 9.17) is 0 Å². The lowest BCUT2D eigenvalue weighted by Gasteiger charge is -2.25. The Kier molecular flexibility index (Phi) is 2.86. The molecule has 1 aliphatic rings. The van der Waals surface area contributed by atoms with Crippen molar-refractivity contribution in [3.05, 3.63) is 47.5 Å². The molecule has 0 radical (unpaired) electrons. The van der Waals surface area contributed by atoms with Gasteiger partial charge in [0.05, 0.1) is 6.04 Å². The summed E-state index contributed by atoms with van der Waals surface area (Å²) in [6.45, 7) is 1.91. The van der Waals surface area contributed by atoms with Crippen LogP contribution in [0, 0.1) is 0 Å². The lowest BCUT2D eigenvalue weighted by molar-refractivity contribution is -0.119. The molecule has 2 rings (SSSR count). The summed E-state index contributed by atoms with van der Waals surface area (Å²) >= 11 is 0. The maximum absolute atomic E-state index is 11.6. The van der Waals surface area contributed by atoms with Crippen molar-refractivity contribution in [2.24, 2.45) is 0 Å². The van der Waals surface area contributed by atoms with Gasteiger partial charge in [-0.2, -0.15) is 0 Å². The van der Waals surface area contributed by atoms with Gasteiger partial charge in [-0.15, -0.1) is 0 Å². The second kappa shape index (κ2) is 4.30. The summed E-state index contributed by atoms with van der Waals surface area (Å²) in [6.07, 6.45) is 3.77. The first-order valence-electron chi connectivity index (χ1n) is 5.32. The smallest absolute Gasteiger partial charge is 0.247 e. The number of benzene rings is 1. The third-order valence-electron chi connectivity index (χ3n) is 2.85. The van der Waals surface area contributed by atoms with E-state index in [0.717, 1.165) is 18.4 Å². The van der Waals surface area contributed by atoms with Gasteiger partial charge in [0.1, 0.15) is 0 Å². The summed E-state index contributed by atoms with van der Waals surface area (Å²) < 4.78 is 0. The molecule has 1 unspecified atom stereocenters. The van der Waals surface area contributed by atoms with E-state index in [9.17, 15) is 4.79 Å². The summed E-state index contributed by atoms with van der Waals surface area (Å²) in [4.78, 5) is 11.6. The van der Waals surface area contributed by atoms with Crippen molar-refractivity contribution in [2.75, 3.05) is 0 Å². The van der Waals surface area contributed by atoms with E-state index in [-0.39, 0.29) is 11.9 Å². The number of piperidine rings is 1. The van der Waals surface area contributed by atoms with Crippen LogP contribution in [0.15, 0.2) is 42.0 Å². The number of hydrogen-bond donors (Lipinski definition) is 1. The highest BCUT2D eigenvalue weighted by molar-refractivity contribution is 5.94. The van der Waals surface area contributed by atoms with Gasteiger partial charge >= 0.3 is 0 Å². The number of carbonyl (C=O) groups is 1. The van der Waals surface area contributed by atoms with Gasteiger partial charge in [0.2, 0.25) is 5.91 Å². The van der Waals surface area contributed by atoms with Crippen LogP contribution in [0.3, 0.4) is 0 Å². The highest BCUT2D eigenvalue weighted by atomic mass is 16.1. The molecule has 1 aliphatic heterocycles. The molecule has 0 spiro atoms. The number of rotatable bonds is 1. The van der Waals surface area contributed by atoms with Crippen LogP contribution in [-0.4, -0.2) is 5.91 Å². The molecule has 1 aromatic rings. The molecular formula is C13H15NO. The van der Waals surface area contributed by atoms with E-state index in [1.54, 1.807) is 0 Å². The van der Waals surface area contributed by atoms with Crippen LogP contribution >= 0.6 is 0 Å². The average molecular weight is 201 g/mol. The predicted octanol–water partition coefficient (Wildman–Crippen LogP) is 2.58. The Morgan fingerprint density at radius 2 is 2.07 bits per heavy atom. The van der Waals surface area contributed by atoms with Crippen molar-refractivity contribution in [3.63, 3.8) is 0 Å². The van der Waals surface area contributed by atoms with Crippen molar-refractivity contribution in [1.29, 1.82) is 0 Å². The minimum absolute atomic E-state index is 0.0811. The number of nitrogens with one attached hydrogen (secondary N) is 1. The van der Waals surface area contributed by atoms with E-state index < -0.39 is 0 Å². The van der Waals surface area contributed by atoms with Crippen LogP contribution in [0.4, 0.5) is 0 Å². The first-order valence-corrected chi connectivity index (χ1v) is 5.32. The fourth-order valence-corrected chi connectivity index (χ4v) is 1.95. The fraction of sp³-hybridized carbons (Fsp3) is 0.308. The Bertz CT molecular complexity index is 381. The van der Waals surface area contributed by atoms with Crippen LogP contribution in [0.2, 0.25) is 0 Å². The molecule has 1 fully saturated rings. The van der Waals surface area contributed by atoms with E-state index in [2.05, 4.69) is 17.4 Å². The second-order valence-electron chi connectivity index (χ2n) is 3.79. The van der Waals surface area contributed by atoms with E-state index >= 15 is 0 Å². The van der Waals surface area contributed by atoms with Crippen molar-refractivity contribution >= 4 is 5.91 Å². The van der Waals surface area contributed by atoms with Gasteiger partial charge in [0, 0.05) is 5.57 Å². The first kappa shape index (κ1) is 9.97. The molecule has 2 heteroatoms. The largest absolute Gasteiger partial charge is 0.346 e. The Balaban J connectivity index is 2.13. The molecule has 0 aromatic heterocycles. The summed E-state index contributed by atoms with van der Waals surface area (Å²) in [5.41, 5.74) is 2.10. The van der Waals surface area contributed by atoms with Gasteiger partial charge in [0.25, 0.3) is 0 Å². The molecule has 0 bridgehead atoms. The van der Waals surface area contributed by atoms with Crippen molar-refractivity contribution in [3.8, 4) is 0 Å². The number of carbonyl (C=O) groups excluding carboxylic acids is 1. The minimum atomic E-state index is 0.0811. The van der Waals surface area contributed by atoms with Gasteiger partial charge < -0.3 is 5.32 Å². The zero-order valence-corrected chi connectivity index (χ0v) is 8.86. The molecule has 1 saturated heterocycles. The zero-order chi connectivity index (χ0) is 10.7. The predicted molar refractivity (Wildman–Crippen MR) is 60.3 cm³/mol. The third-order valence-corrected chi connectivity index (χ3v) is 2.85. The SMILES string of the molecule is C/C=C1\CCC(c2ccccc2)NC1=O. The molecule has 78 valence electrons. The molecule has 0 aliphatic carbocycles. The Labute approximate surface area is 90.0 Å². The average Bonchev–Trinajstić information content (AvgIpc) is 2.30. The first-order chi connectivity index (χ1) is 7.31. The van der Waals surface area contributed by atoms with E-state index in [0.29, 0.717) is 0 Å². The number of amides is 1. The quantitative estimate of drug-likeness (QED) is 0.695. The summed E-state index contributed by atoms with van der Waals surface area (Å²) in [5.74, 6) is 0.0811. The van der Waals surface area contributed by atoms with Crippen molar-refractivity contribution in [1.82, 2.24) is 5.32 Å². The summed E-state index contributed by atoms with van der Waals surface area (Å²) in [6, 6.07) is 10.3. The van der Waals surface area contributed by atoms with E-state index in [1.165, 1.54) is 5.56 Å². The molecule has 1 heterocycles. The molecule has 1 atom stereocenters. The molecule has 15 heavy (non-hydrogen) atoms. The second-order valence-corrected chi connectivity index (χ2v) is 3.79. The van der Waals surface area contributed by atoms with Crippen LogP contribution < -0.4 is 5.32 Å². The Hall–Kier alpha value is -1.57. The number of hydrogen-bond acceptors (Lipinski definition) is 1. The lowest BCUT2D eigenvalue weighted by atomic mass is 9.94. The molecular weight excluding hydrogens is 186 g/mol. The van der Waals surface area contributed by atoms with Gasteiger partial charge in [0.15, 0.2) is 0 Å². The van der Waals surface area contributed by atoms with Crippen LogP contribution in [-0.2, 0) is 4.79 Å². The standard InChI is InChI=1S/C13H15NO/c1-2-10-8-9-12(14-13(10)15)11-6-4-3-5-7-11/h2-7,12H,8-9H2,1H3,(H,14,15)/b10-2+. The maximum atomic E-state index is 11.6. The highest BCUT2D eigenvalue weighted by Crippen LogP contribution is 2.25. The van der Waals surface area contributed by atoms with E-state index in [1.807, 2.05) is 31.2 Å². The third kappa shape index (κ3) is 2.09. The summed E-state index contributed by atoms with van der Waals surface area (Å²) in [5, 5.41) is 3.03. The molecule has 0 saturated carbocycles. The lowest BCUT2D eigenvalue weighted by Crippen LogP contribution is -2.34. The molecule has 1 N–H and O–H groups in total. The Morgan fingerprint density at radius 1 is 1.33 bits per heavy atom. The van der Waals surface area contributed by atoms with Gasteiger partial charge in [-0.25, -0.2) is 0 Å². The normalized spacial score (nSPS) is 23.9. The van der Waals surface area contributed by atoms with Crippen LogP contribution in [0.25, 0.3) is 0 Å². The fourth-order valence-electron chi connectivity index (χ4n) is 1.95. The molecule has 2 nitrogen and oxygen atoms in total. The van der Waals surface area contributed by atoms with Crippen molar-refractivity contribution in [2.45, 2.75) is 25.8 Å². The van der Waals surface area contributed by atoms with Gasteiger partial charge in [-0.1, -0.05) is 36.4 Å². The minimum Gasteiger partial charge on any atom is -0.346 e. The summed E-state index contributed by atoms with van der Waals surface area (Å²) in [7, 11) is 0. The van der Waals surface area contributed by atoms with Gasteiger partial charge in [-0.05, 0) is 25.3 Å². The maximum Gasteiger partial charge on any atom is 0.247 e. The monoisotopic (exact) mass is 201 g/mol. The Morgan fingerprint density at radius 3 is 2.67 bits per heavy atom. The highest BCUT2D eigenvalue weighted by Gasteiger charge is 2.22.